The molecule has 0 atom stereocenters. The van der Waals surface area contributed by atoms with Crippen LogP contribution in [-0.2, 0) is 0 Å². The Kier molecular flexibility index (Phi) is 4.06. The molecule has 0 aromatic carbocycles. The van der Waals surface area contributed by atoms with Crippen molar-refractivity contribution in [2.75, 3.05) is 0 Å². The molecule has 0 nitrogen and oxygen atoms in total. The maximum atomic E-state index is 2.61. The van der Waals surface area contributed by atoms with Crippen molar-refractivity contribution >= 4 is 8.07 Å². The fourth-order valence-electron chi connectivity index (χ4n) is 2.08. The molecule has 70 valence electrons. The molecule has 0 aromatic rings. The molecule has 1 aliphatic heterocycles. The fraction of sp³-hybridized carbons (Fsp3) is 0.818. The van der Waals surface area contributed by atoms with E-state index in [1.807, 2.05) is 0 Å². The monoisotopic (exact) mass is 182 g/mol. The third-order valence-corrected chi connectivity index (χ3v) is 7.68. The predicted octanol–water partition coefficient (Wildman–Crippen LogP) is 4.22. The van der Waals surface area contributed by atoms with Crippen LogP contribution in [0.4, 0.5) is 0 Å². The van der Waals surface area contributed by atoms with Crippen LogP contribution in [0.15, 0.2) is 12.2 Å². The van der Waals surface area contributed by atoms with Gasteiger partial charge in [0.2, 0.25) is 0 Å². The summed E-state index contributed by atoms with van der Waals surface area (Å²) in [4.78, 5) is 0. The first-order chi connectivity index (χ1) is 5.77. The van der Waals surface area contributed by atoms with E-state index in [-0.39, 0.29) is 0 Å². The van der Waals surface area contributed by atoms with Gasteiger partial charge in [0.1, 0.15) is 0 Å². The van der Waals surface area contributed by atoms with E-state index < -0.39 is 8.07 Å². The molecule has 0 fully saturated rings. The molecule has 1 aliphatic rings. The summed E-state index contributed by atoms with van der Waals surface area (Å²) < 4.78 is 0. The highest BCUT2D eigenvalue weighted by Crippen LogP contribution is 2.29. The Morgan fingerprint density at radius 3 is 2.25 bits per heavy atom. The maximum absolute atomic E-state index is 2.61. The zero-order valence-corrected chi connectivity index (χ0v) is 9.60. The van der Waals surface area contributed by atoms with Crippen LogP contribution in [0, 0.1) is 0 Å². The Morgan fingerprint density at radius 2 is 1.75 bits per heavy atom. The Balaban J connectivity index is 2.35. The number of allylic oxidation sites excluding steroid dienone is 2. The minimum Gasteiger partial charge on any atom is -0.0888 e. The number of hydrogen-bond acceptors (Lipinski definition) is 0. The van der Waals surface area contributed by atoms with E-state index in [1.54, 1.807) is 18.1 Å². The molecule has 0 amide bonds. The summed E-state index contributed by atoms with van der Waals surface area (Å²) in [5, 5.41) is 0. The van der Waals surface area contributed by atoms with Crippen molar-refractivity contribution in [3.63, 3.8) is 0 Å². The average molecular weight is 182 g/mol. The molecule has 1 heterocycles. The van der Waals surface area contributed by atoms with Crippen LogP contribution in [0.25, 0.3) is 0 Å². The molecule has 0 spiro atoms. The lowest BCUT2D eigenvalue weighted by molar-refractivity contribution is 0.854. The first-order valence-corrected chi connectivity index (χ1v) is 8.54. The fourth-order valence-corrected chi connectivity index (χ4v) is 5.76. The molecule has 0 aliphatic carbocycles. The second-order valence-corrected chi connectivity index (χ2v) is 9.58. The van der Waals surface area contributed by atoms with Crippen molar-refractivity contribution in [1.29, 1.82) is 0 Å². The highest BCUT2D eigenvalue weighted by Gasteiger charge is 2.25. The van der Waals surface area contributed by atoms with E-state index in [0.717, 1.165) is 0 Å². The van der Waals surface area contributed by atoms with Gasteiger partial charge in [-0.3, -0.25) is 0 Å². The summed E-state index contributed by atoms with van der Waals surface area (Å²) in [5.74, 6) is 0. The van der Waals surface area contributed by atoms with Gasteiger partial charge in [-0.15, -0.1) is 0 Å². The van der Waals surface area contributed by atoms with Crippen LogP contribution in [0.5, 0.6) is 0 Å². The van der Waals surface area contributed by atoms with E-state index in [0.29, 0.717) is 0 Å². The van der Waals surface area contributed by atoms with Crippen LogP contribution in [0.1, 0.15) is 32.6 Å². The minimum atomic E-state index is -0.770. The van der Waals surface area contributed by atoms with Gasteiger partial charge < -0.3 is 0 Å². The summed E-state index contributed by atoms with van der Waals surface area (Å²) in [5.41, 5.74) is 0. The number of rotatable bonds is 3. The molecule has 0 saturated carbocycles. The third-order valence-electron chi connectivity index (χ3n) is 3.13. The van der Waals surface area contributed by atoms with Crippen LogP contribution < -0.4 is 0 Å². The predicted molar refractivity (Wildman–Crippen MR) is 59.3 cm³/mol. The molecule has 0 aromatic heterocycles. The maximum Gasteiger partial charge on any atom is 0.0510 e. The molecule has 1 rings (SSSR count). The molecule has 0 N–H and O–H groups in total. The normalized spacial score (nSPS) is 22.2. The van der Waals surface area contributed by atoms with Gasteiger partial charge in [-0.05, 0) is 12.8 Å². The van der Waals surface area contributed by atoms with Crippen molar-refractivity contribution in [2.24, 2.45) is 0 Å². The first kappa shape index (κ1) is 10.0. The summed E-state index contributed by atoms with van der Waals surface area (Å²) in [7, 11) is -0.770. The lowest BCUT2D eigenvalue weighted by atomic mass is 10.4. The number of hydrogen-bond donors (Lipinski definition) is 0. The van der Waals surface area contributed by atoms with E-state index in [2.05, 4.69) is 25.6 Å². The summed E-state index contributed by atoms with van der Waals surface area (Å²) in [6.45, 7) is 4.92. The van der Waals surface area contributed by atoms with Crippen LogP contribution in [0.3, 0.4) is 0 Å². The highest BCUT2D eigenvalue weighted by molar-refractivity contribution is 6.78. The lowest BCUT2D eigenvalue weighted by Crippen LogP contribution is -2.28. The van der Waals surface area contributed by atoms with Gasteiger partial charge in [0.15, 0.2) is 0 Å². The van der Waals surface area contributed by atoms with Crippen molar-refractivity contribution in [2.45, 2.75) is 57.3 Å². The lowest BCUT2D eigenvalue weighted by Gasteiger charge is -2.25. The van der Waals surface area contributed by atoms with E-state index in [1.165, 1.54) is 25.7 Å². The van der Waals surface area contributed by atoms with Crippen molar-refractivity contribution in [3.05, 3.63) is 12.2 Å². The van der Waals surface area contributed by atoms with Gasteiger partial charge >= 0.3 is 0 Å². The quantitative estimate of drug-likeness (QED) is 0.453. The van der Waals surface area contributed by atoms with Gasteiger partial charge in [0.05, 0.1) is 8.07 Å². The second-order valence-electron chi connectivity index (χ2n) is 4.46. The third kappa shape index (κ3) is 3.14. The molecule has 0 saturated heterocycles. The van der Waals surface area contributed by atoms with Gasteiger partial charge in [-0.2, -0.15) is 0 Å². The molecule has 1 heteroatoms. The molecule has 0 radical (unpaired) electrons. The van der Waals surface area contributed by atoms with Crippen molar-refractivity contribution in [3.8, 4) is 0 Å². The molecular formula is C11H22Si. The average Bonchev–Trinajstić information content (AvgIpc) is 2.27. The SMILES string of the molecule is CCCC[Si]1(C)CCC=CCC1. The van der Waals surface area contributed by atoms with Crippen LogP contribution >= 0.6 is 0 Å². The van der Waals surface area contributed by atoms with E-state index in [4.69, 9.17) is 0 Å². The zero-order chi connectivity index (χ0) is 8.86. The Morgan fingerprint density at radius 1 is 1.17 bits per heavy atom. The van der Waals surface area contributed by atoms with Crippen LogP contribution in [-0.4, -0.2) is 8.07 Å². The summed E-state index contributed by atoms with van der Waals surface area (Å²) in [6, 6.07) is 4.66. The molecule has 0 unspecified atom stereocenters. The summed E-state index contributed by atoms with van der Waals surface area (Å²) >= 11 is 0. The van der Waals surface area contributed by atoms with Gasteiger partial charge in [0, 0.05) is 0 Å². The summed E-state index contributed by atoms with van der Waals surface area (Å²) in [6.07, 6.45) is 10.4. The molecular weight excluding hydrogens is 160 g/mol. The highest BCUT2D eigenvalue weighted by atomic mass is 28.3. The van der Waals surface area contributed by atoms with Gasteiger partial charge in [-0.1, -0.05) is 56.6 Å². The second kappa shape index (κ2) is 4.86. The van der Waals surface area contributed by atoms with Crippen molar-refractivity contribution < 1.29 is 0 Å². The largest absolute Gasteiger partial charge is 0.0888 e. The number of unbranched alkanes of at least 4 members (excludes halogenated alkanes) is 1. The minimum absolute atomic E-state index is 0.770. The van der Waals surface area contributed by atoms with E-state index >= 15 is 0 Å². The Hall–Kier alpha value is -0.0431. The molecule has 0 bridgehead atoms. The Labute approximate surface area is 78.1 Å². The first-order valence-electron chi connectivity index (χ1n) is 5.42. The zero-order valence-electron chi connectivity index (χ0n) is 8.60. The van der Waals surface area contributed by atoms with Crippen molar-refractivity contribution in [1.82, 2.24) is 0 Å². The van der Waals surface area contributed by atoms with Gasteiger partial charge in [-0.25, -0.2) is 0 Å². The topological polar surface area (TPSA) is 0 Å². The van der Waals surface area contributed by atoms with E-state index in [9.17, 15) is 0 Å². The Bertz CT molecular complexity index is 139. The molecule has 12 heavy (non-hydrogen) atoms. The van der Waals surface area contributed by atoms with Gasteiger partial charge in [0.25, 0.3) is 0 Å². The van der Waals surface area contributed by atoms with Crippen LogP contribution in [0.2, 0.25) is 24.7 Å². The smallest absolute Gasteiger partial charge is 0.0510 e. The standard InChI is InChI=1S/C11H22Si/c1-3-4-9-12(2)10-7-5-6-8-11-12/h5-6H,3-4,7-11H2,1-2H3.